The third-order valence-electron chi connectivity index (χ3n) is 4.76. The first-order chi connectivity index (χ1) is 14.5. The molecule has 2 amide bonds. The molecule has 5 heteroatoms. The molecular formula is C25H26N2O3. The summed E-state index contributed by atoms with van der Waals surface area (Å²) in [6.45, 7) is 3.94. The number of ether oxygens (including phenoxy) is 1. The van der Waals surface area contributed by atoms with E-state index in [-0.39, 0.29) is 18.4 Å². The van der Waals surface area contributed by atoms with Crippen molar-refractivity contribution in [1.29, 1.82) is 0 Å². The molecule has 3 aromatic carbocycles. The molecule has 0 saturated heterocycles. The minimum atomic E-state index is -0.263. The summed E-state index contributed by atoms with van der Waals surface area (Å²) >= 11 is 0. The number of benzene rings is 3. The first kappa shape index (κ1) is 21.1. The molecule has 0 radical (unpaired) electrons. The molecule has 30 heavy (non-hydrogen) atoms. The Morgan fingerprint density at radius 3 is 2.17 bits per heavy atom. The second kappa shape index (κ2) is 10.3. The Labute approximate surface area is 177 Å². The van der Waals surface area contributed by atoms with Crippen molar-refractivity contribution in [3.8, 4) is 5.75 Å². The minimum Gasteiger partial charge on any atom is -0.484 e. The zero-order valence-electron chi connectivity index (χ0n) is 17.3. The Bertz CT molecular complexity index is 1020. The molecule has 0 fully saturated rings. The Morgan fingerprint density at radius 2 is 1.47 bits per heavy atom. The lowest BCUT2D eigenvalue weighted by atomic mass is 10.1. The fourth-order valence-corrected chi connectivity index (χ4v) is 2.95. The normalized spacial score (nSPS) is 10.3. The fourth-order valence-electron chi connectivity index (χ4n) is 2.95. The van der Waals surface area contributed by atoms with Crippen LogP contribution in [-0.2, 0) is 16.0 Å². The van der Waals surface area contributed by atoms with Crippen LogP contribution in [0.3, 0.4) is 0 Å². The number of carbonyl (C=O) groups is 2. The number of nitrogens with one attached hydrogen (secondary N) is 2. The Kier molecular flexibility index (Phi) is 7.22. The molecule has 3 rings (SSSR count). The van der Waals surface area contributed by atoms with Gasteiger partial charge in [0.1, 0.15) is 5.75 Å². The standard InChI is InChI=1S/C25H26N2O3/c1-18-11-13-23(15-19(18)2)30-17-25(29)27-22-10-6-9-21(16-22)26-24(28)14-12-20-7-4-3-5-8-20/h3-11,13,15-16H,12,14,17H2,1-2H3,(H,26,28)(H,27,29). The summed E-state index contributed by atoms with van der Waals surface area (Å²) in [5, 5.41) is 5.67. The van der Waals surface area contributed by atoms with Crippen molar-refractivity contribution in [2.24, 2.45) is 0 Å². The van der Waals surface area contributed by atoms with Crippen LogP contribution < -0.4 is 15.4 Å². The van der Waals surface area contributed by atoms with Crippen molar-refractivity contribution in [1.82, 2.24) is 0 Å². The van der Waals surface area contributed by atoms with E-state index in [2.05, 4.69) is 10.6 Å². The molecule has 0 aromatic heterocycles. The Hall–Kier alpha value is -3.60. The molecule has 0 saturated carbocycles. The summed E-state index contributed by atoms with van der Waals surface area (Å²) < 4.78 is 5.56. The highest BCUT2D eigenvalue weighted by Gasteiger charge is 2.07. The molecule has 154 valence electrons. The number of hydrogen-bond acceptors (Lipinski definition) is 3. The van der Waals surface area contributed by atoms with Gasteiger partial charge in [0.05, 0.1) is 0 Å². The number of carbonyl (C=O) groups excluding carboxylic acids is 2. The molecule has 3 aromatic rings. The van der Waals surface area contributed by atoms with Crippen LogP contribution in [0.15, 0.2) is 72.8 Å². The fraction of sp³-hybridized carbons (Fsp3) is 0.200. The van der Waals surface area contributed by atoms with E-state index in [1.807, 2.05) is 62.4 Å². The quantitative estimate of drug-likeness (QED) is 0.564. The molecule has 5 nitrogen and oxygen atoms in total. The van der Waals surface area contributed by atoms with Gasteiger partial charge in [0.25, 0.3) is 5.91 Å². The molecule has 0 spiro atoms. The summed E-state index contributed by atoms with van der Waals surface area (Å²) in [4.78, 5) is 24.4. The first-order valence-corrected chi connectivity index (χ1v) is 9.93. The van der Waals surface area contributed by atoms with Crippen LogP contribution in [-0.4, -0.2) is 18.4 Å². The first-order valence-electron chi connectivity index (χ1n) is 9.93. The van der Waals surface area contributed by atoms with Gasteiger partial charge in [-0.05, 0) is 67.3 Å². The number of amides is 2. The molecule has 2 N–H and O–H groups in total. The predicted octanol–water partition coefficient (Wildman–Crippen LogP) is 4.89. The molecule has 0 bridgehead atoms. The van der Waals surface area contributed by atoms with Crippen molar-refractivity contribution in [3.05, 3.63) is 89.5 Å². The van der Waals surface area contributed by atoms with Crippen LogP contribution >= 0.6 is 0 Å². The number of hydrogen-bond donors (Lipinski definition) is 2. The van der Waals surface area contributed by atoms with Crippen molar-refractivity contribution >= 4 is 23.2 Å². The third-order valence-corrected chi connectivity index (χ3v) is 4.76. The summed E-state index contributed by atoms with van der Waals surface area (Å²) in [5.41, 5.74) is 4.65. The predicted molar refractivity (Wildman–Crippen MR) is 120 cm³/mol. The van der Waals surface area contributed by atoms with E-state index in [4.69, 9.17) is 4.74 Å². The van der Waals surface area contributed by atoms with Crippen LogP contribution in [0.4, 0.5) is 11.4 Å². The van der Waals surface area contributed by atoms with Gasteiger partial charge in [-0.2, -0.15) is 0 Å². The topological polar surface area (TPSA) is 67.4 Å². The molecule has 0 aliphatic rings. The molecule has 0 unspecified atom stereocenters. The number of rotatable bonds is 8. The van der Waals surface area contributed by atoms with Crippen LogP contribution in [0, 0.1) is 13.8 Å². The average molecular weight is 402 g/mol. The van der Waals surface area contributed by atoms with Gasteiger partial charge < -0.3 is 15.4 Å². The Balaban J connectivity index is 1.48. The van der Waals surface area contributed by atoms with Gasteiger partial charge in [0.15, 0.2) is 6.61 Å². The van der Waals surface area contributed by atoms with E-state index in [1.165, 1.54) is 5.56 Å². The van der Waals surface area contributed by atoms with Crippen molar-refractivity contribution in [3.63, 3.8) is 0 Å². The van der Waals surface area contributed by atoms with Crippen LogP contribution in [0.2, 0.25) is 0 Å². The van der Waals surface area contributed by atoms with Gasteiger partial charge in [-0.15, -0.1) is 0 Å². The number of anilines is 2. The molecule has 0 aliphatic heterocycles. The van der Waals surface area contributed by atoms with Crippen LogP contribution in [0.1, 0.15) is 23.1 Å². The van der Waals surface area contributed by atoms with E-state index >= 15 is 0 Å². The zero-order valence-corrected chi connectivity index (χ0v) is 17.3. The maximum Gasteiger partial charge on any atom is 0.262 e. The van der Waals surface area contributed by atoms with E-state index < -0.39 is 0 Å². The lowest BCUT2D eigenvalue weighted by Crippen LogP contribution is -2.20. The van der Waals surface area contributed by atoms with Crippen molar-refractivity contribution < 1.29 is 14.3 Å². The van der Waals surface area contributed by atoms with Gasteiger partial charge in [-0.1, -0.05) is 42.5 Å². The van der Waals surface area contributed by atoms with Gasteiger partial charge >= 0.3 is 0 Å². The monoisotopic (exact) mass is 402 g/mol. The third kappa shape index (κ3) is 6.48. The molecule has 0 heterocycles. The minimum absolute atomic E-state index is 0.0691. The van der Waals surface area contributed by atoms with E-state index in [0.29, 0.717) is 30.0 Å². The van der Waals surface area contributed by atoms with E-state index in [0.717, 1.165) is 11.1 Å². The van der Waals surface area contributed by atoms with E-state index in [9.17, 15) is 9.59 Å². The van der Waals surface area contributed by atoms with Crippen molar-refractivity contribution in [2.45, 2.75) is 26.7 Å². The summed E-state index contributed by atoms with van der Waals surface area (Å²) in [6, 6.07) is 22.7. The van der Waals surface area contributed by atoms with Gasteiger partial charge in [-0.25, -0.2) is 0 Å². The maximum atomic E-state index is 12.2. The largest absolute Gasteiger partial charge is 0.484 e. The highest BCUT2D eigenvalue weighted by atomic mass is 16.5. The number of aryl methyl sites for hydroxylation is 3. The molecule has 0 aliphatic carbocycles. The van der Waals surface area contributed by atoms with Crippen LogP contribution in [0.5, 0.6) is 5.75 Å². The highest BCUT2D eigenvalue weighted by molar-refractivity contribution is 5.94. The van der Waals surface area contributed by atoms with Gasteiger partial charge in [-0.3, -0.25) is 9.59 Å². The lowest BCUT2D eigenvalue weighted by molar-refractivity contribution is -0.118. The summed E-state index contributed by atoms with van der Waals surface area (Å²) in [6.07, 6.45) is 1.07. The van der Waals surface area contributed by atoms with E-state index in [1.54, 1.807) is 24.3 Å². The van der Waals surface area contributed by atoms with Crippen LogP contribution in [0.25, 0.3) is 0 Å². The van der Waals surface area contributed by atoms with Crippen molar-refractivity contribution in [2.75, 3.05) is 17.2 Å². The average Bonchev–Trinajstić information content (AvgIpc) is 2.74. The smallest absolute Gasteiger partial charge is 0.262 e. The second-order valence-electron chi connectivity index (χ2n) is 7.20. The summed E-state index contributed by atoms with van der Waals surface area (Å²) in [5.74, 6) is 0.328. The second-order valence-corrected chi connectivity index (χ2v) is 7.20. The summed E-state index contributed by atoms with van der Waals surface area (Å²) in [7, 11) is 0. The van der Waals surface area contributed by atoms with Gasteiger partial charge in [0.2, 0.25) is 5.91 Å². The lowest BCUT2D eigenvalue weighted by Gasteiger charge is -2.10. The highest BCUT2D eigenvalue weighted by Crippen LogP contribution is 2.18. The van der Waals surface area contributed by atoms with Gasteiger partial charge in [0, 0.05) is 17.8 Å². The molecule has 0 atom stereocenters. The SMILES string of the molecule is Cc1ccc(OCC(=O)Nc2cccc(NC(=O)CCc3ccccc3)c2)cc1C. The maximum absolute atomic E-state index is 12.2. The Morgan fingerprint density at radius 1 is 0.767 bits per heavy atom. The zero-order chi connectivity index (χ0) is 21.3. The molecular weight excluding hydrogens is 376 g/mol.